The first kappa shape index (κ1) is 46.6. The molecule has 0 heterocycles. The highest BCUT2D eigenvalue weighted by molar-refractivity contribution is 6.06. The number of imide groups is 1. The number of ether oxygens (including phenoxy) is 2. The Morgan fingerprint density at radius 2 is 0.906 bits per heavy atom. The van der Waals surface area contributed by atoms with Gasteiger partial charge in [-0.05, 0) is 125 Å². The van der Waals surface area contributed by atoms with E-state index in [9.17, 15) is 28.8 Å². The largest absolute Gasteiger partial charge is 0.458 e. The van der Waals surface area contributed by atoms with Crippen molar-refractivity contribution in [1.29, 1.82) is 0 Å². The third-order valence-electron chi connectivity index (χ3n) is 14.0. The van der Waals surface area contributed by atoms with Crippen molar-refractivity contribution in [3.63, 3.8) is 0 Å². The molecule has 0 saturated heterocycles. The number of carbonyl (C=O) groups excluding carboxylic acids is 6. The predicted octanol–water partition coefficient (Wildman–Crippen LogP) is 5.49. The highest BCUT2D eigenvalue weighted by Crippen LogP contribution is 2.56. The van der Waals surface area contributed by atoms with Gasteiger partial charge in [0.25, 0.3) is 0 Å². The SMILES string of the molecule is CN(C)CCCNC(=O)C1C2CC(OC(=O)c3cccc4ccccc34)C(C2)C1C(=O)NC(=O)C1C2CC(CC2OC(=O)c2cccc3ccccc23)C1C(=O)NCCCN(C)C.Cl. The zero-order chi connectivity index (χ0) is 44.4. The number of amides is 4. The van der Waals surface area contributed by atoms with Gasteiger partial charge in [0.2, 0.25) is 23.6 Å². The highest BCUT2D eigenvalue weighted by Gasteiger charge is 2.62. The van der Waals surface area contributed by atoms with Crippen molar-refractivity contribution in [3.8, 4) is 0 Å². The Bertz CT molecular complexity index is 2220. The molecule has 0 aliphatic heterocycles. The molecule has 0 aromatic heterocycles. The van der Waals surface area contributed by atoms with Gasteiger partial charge in [-0.2, -0.15) is 0 Å². The van der Waals surface area contributed by atoms with Crippen LogP contribution in [0, 0.1) is 47.3 Å². The molecule has 10 atom stereocenters. The van der Waals surface area contributed by atoms with E-state index < -0.39 is 71.5 Å². The van der Waals surface area contributed by atoms with Gasteiger partial charge < -0.3 is 29.9 Å². The molecule has 340 valence electrons. The molecule has 4 fully saturated rings. The van der Waals surface area contributed by atoms with E-state index in [1.54, 1.807) is 24.3 Å². The molecule has 13 nitrogen and oxygen atoms in total. The number of benzene rings is 4. The number of nitrogens with one attached hydrogen (secondary N) is 3. The molecule has 4 bridgehead atoms. The van der Waals surface area contributed by atoms with Crippen molar-refractivity contribution in [2.45, 2.75) is 50.7 Å². The van der Waals surface area contributed by atoms with Crippen LogP contribution in [0.3, 0.4) is 0 Å². The Hall–Kier alpha value is -5.37. The topological polar surface area (TPSA) is 163 Å². The molecule has 4 aliphatic carbocycles. The fourth-order valence-corrected chi connectivity index (χ4v) is 11.3. The van der Waals surface area contributed by atoms with Gasteiger partial charge in [-0.25, -0.2) is 9.59 Å². The molecule has 3 N–H and O–H groups in total. The molecule has 4 aromatic carbocycles. The van der Waals surface area contributed by atoms with Crippen LogP contribution in [0.1, 0.15) is 59.2 Å². The number of fused-ring (bicyclic) bond motifs is 6. The van der Waals surface area contributed by atoms with Gasteiger partial charge in [0.1, 0.15) is 12.2 Å². The van der Waals surface area contributed by atoms with Crippen LogP contribution < -0.4 is 16.0 Å². The van der Waals surface area contributed by atoms with E-state index in [2.05, 4.69) is 16.0 Å². The Kier molecular flexibility index (Phi) is 14.7. The molecule has 4 aromatic rings. The summed E-state index contributed by atoms with van der Waals surface area (Å²) in [7, 11) is 7.84. The quantitative estimate of drug-likeness (QED) is 0.0746. The minimum absolute atomic E-state index is 0. The van der Waals surface area contributed by atoms with Gasteiger partial charge in [0.05, 0.1) is 34.8 Å². The van der Waals surface area contributed by atoms with E-state index in [-0.39, 0.29) is 36.1 Å². The summed E-state index contributed by atoms with van der Waals surface area (Å²) in [5, 5.41) is 12.1. The van der Waals surface area contributed by atoms with Gasteiger partial charge in [-0.1, -0.05) is 72.8 Å². The maximum atomic E-state index is 14.7. The van der Waals surface area contributed by atoms with Crippen molar-refractivity contribution in [3.05, 3.63) is 96.1 Å². The lowest BCUT2D eigenvalue weighted by Crippen LogP contribution is -2.53. The molecule has 0 radical (unpaired) electrons. The Labute approximate surface area is 380 Å². The number of halogens is 1. The normalized spacial score (nSPS) is 26.5. The van der Waals surface area contributed by atoms with Crippen LogP contribution in [0.25, 0.3) is 21.5 Å². The average Bonchev–Trinajstić information content (AvgIpc) is 4.06. The summed E-state index contributed by atoms with van der Waals surface area (Å²) in [5.74, 6) is -7.67. The first-order chi connectivity index (χ1) is 30.4. The van der Waals surface area contributed by atoms with Crippen molar-refractivity contribution < 1.29 is 38.2 Å². The zero-order valence-electron chi connectivity index (χ0n) is 37.0. The van der Waals surface area contributed by atoms with Crippen molar-refractivity contribution >= 4 is 69.5 Å². The summed E-state index contributed by atoms with van der Waals surface area (Å²) in [5.41, 5.74) is 0.834. The zero-order valence-corrected chi connectivity index (χ0v) is 37.8. The smallest absolute Gasteiger partial charge is 0.339 e. The highest BCUT2D eigenvalue weighted by atomic mass is 35.5. The molecule has 10 unspecified atom stereocenters. The average molecular weight is 895 g/mol. The van der Waals surface area contributed by atoms with Gasteiger partial charge in [-0.3, -0.25) is 24.5 Å². The Morgan fingerprint density at radius 1 is 0.516 bits per heavy atom. The van der Waals surface area contributed by atoms with Gasteiger partial charge >= 0.3 is 11.9 Å². The lowest BCUT2D eigenvalue weighted by atomic mass is 9.75. The second-order valence-corrected chi connectivity index (χ2v) is 18.6. The monoisotopic (exact) mass is 893 g/mol. The number of nitrogens with zero attached hydrogens (tertiary/aromatic N) is 2. The third-order valence-corrected chi connectivity index (χ3v) is 14.0. The maximum Gasteiger partial charge on any atom is 0.339 e. The van der Waals surface area contributed by atoms with E-state index in [4.69, 9.17) is 9.47 Å². The molecule has 4 aliphatic rings. The Morgan fingerprint density at radius 3 is 1.31 bits per heavy atom. The summed E-state index contributed by atoms with van der Waals surface area (Å²) in [6, 6.07) is 26.0. The summed E-state index contributed by atoms with van der Waals surface area (Å²) < 4.78 is 12.4. The van der Waals surface area contributed by atoms with Crippen molar-refractivity contribution in [1.82, 2.24) is 25.8 Å². The van der Waals surface area contributed by atoms with Crippen LogP contribution >= 0.6 is 12.4 Å². The van der Waals surface area contributed by atoms with E-state index in [0.29, 0.717) is 49.9 Å². The molecule has 8 rings (SSSR count). The number of hydrogen-bond donors (Lipinski definition) is 3. The fourth-order valence-electron chi connectivity index (χ4n) is 11.3. The van der Waals surface area contributed by atoms with Crippen LogP contribution in [0.5, 0.6) is 0 Å². The minimum atomic E-state index is -0.955. The van der Waals surface area contributed by atoms with Crippen LogP contribution in [-0.4, -0.2) is 112 Å². The van der Waals surface area contributed by atoms with Crippen LogP contribution in [0.2, 0.25) is 0 Å². The van der Waals surface area contributed by atoms with Gasteiger partial charge in [-0.15, -0.1) is 12.4 Å². The standard InChI is InChI=1S/C50H59N5O8.ClH/c1-54(2)23-11-21-51-45(56)41-31-25-37(39(27-31)62-49(60)35-19-9-15-29-13-5-7-17-33(29)35)43(41)47(58)53-48(59)44-38-26-32(42(44)46(57)52-22-12-24-55(3)4)28-40(38)63-50(61)36-20-10-16-30-14-6-8-18-34(30)36;/h5-10,13-20,31-32,37-44H,11-12,21-28H2,1-4H3,(H,51,56)(H,52,57)(H,53,58,59);1H. The third kappa shape index (κ3) is 9.67. The Balaban J connectivity index is 0.00000612. The summed E-state index contributed by atoms with van der Waals surface area (Å²) in [6.45, 7) is 2.39. The van der Waals surface area contributed by atoms with Crippen LogP contribution in [-0.2, 0) is 28.7 Å². The minimum Gasteiger partial charge on any atom is -0.458 e. The second kappa shape index (κ2) is 20.2. The summed E-state index contributed by atoms with van der Waals surface area (Å²) in [4.78, 5) is 89.0. The number of esters is 2. The fraction of sp³-hybridized carbons (Fsp3) is 0.480. The first-order valence-electron chi connectivity index (χ1n) is 22.5. The molecule has 4 saturated carbocycles. The van der Waals surface area contributed by atoms with Crippen molar-refractivity contribution in [2.24, 2.45) is 47.3 Å². The lowest BCUT2D eigenvalue weighted by molar-refractivity contribution is -0.147. The van der Waals surface area contributed by atoms with E-state index in [1.165, 1.54) is 0 Å². The molecular formula is C50H60ClN5O8. The number of carbonyl (C=O) groups is 6. The van der Waals surface area contributed by atoms with Crippen molar-refractivity contribution in [2.75, 3.05) is 54.4 Å². The van der Waals surface area contributed by atoms with E-state index >= 15 is 0 Å². The molecule has 0 spiro atoms. The second-order valence-electron chi connectivity index (χ2n) is 18.6. The molecule has 4 amide bonds. The van der Waals surface area contributed by atoms with Crippen LogP contribution in [0.4, 0.5) is 0 Å². The summed E-state index contributed by atoms with van der Waals surface area (Å²) in [6.07, 6.45) is 1.94. The maximum absolute atomic E-state index is 14.7. The number of rotatable bonds is 16. The van der Waals surface area contributed by atoms with E-state index in [1.807, 2.05) is 98.7 Å². The summed E-state index contributed by atoms with van der Waals surface area (Å²) >= 11 is 0. The van der Waals surface area contributed by atoms with E-state index in [0.717, 1.165) is 47.5 Å². The van der Waals surface area contributed by atoms with Gasteiger partial charge in [0.15, 0.2) is 0 Å². The van der Waals surface area contributed by atoms with Crippen LogP contribution in [0.15, 0.2) is 84.9 Å². The molecule has 64 heavy (non-hydrogen) atoms. The molecular weight excluding hydrogens is 834 g/mol. The predicted molar refractivity (Wildman–Crippen MR) is 245 cm³/mol. The lowest BCUT2D eigenvalue weighted by Gasteiger charge is -2.36. The molecule has 14 heteroatoms. The first-order valence-corrected chi connectivity index (χ1v) is 22.5. The van der Waals surface area contributed by atoms with Gasteiger partial charge in [0, 0.05) is 24.9 Å². The number of hydrogen-bond acceptors (Lipinski definition) is 10.